The second-order valence-corrected chi connectivity index (χ2v) is 5.32. The second kappa shape index (κ2) is 8.17. The molecule has 0 heterocycles. The summed E-state index contributed by atoms with van der Waals surface area (Å²) in [7, 11) is 0. The minimum atomic E-state index is -0.394. The van der Waals surface area contributed by atoms with Crippen LogP contribution in [0.1, 0.15) is 37.3 Å². The molecule has 0 amide bonds. The van der Waals surface area contributed by atoms with Gasteiger partial charge in [0.2, 0.25) is 0 Å². The Morgan fingerprint density at radius 1 is 1.05 bits per heavy atom. The van der Waals surface area contributed by atoms with Gasteiger partial charge in [-0.2, -0.15) is 0 Å². The molecular formula is C18H21NO3. The van der Waals surface area contributed by atoms with Gasteiger partial charge in [0.05, 0.1) is 4.92 Å². The lowest BCUT2D eigenvalue weighted by molar-refractivity contribution is -0.384. The van der Waals surface area contributed by atoms with Gasteiger partial charge in [-0.1, -0.05) is 44.0 Å². The van der Waals surface area contributed by atoms with E-state index in [9.17, 15) is 10.1 Å². The average Bonchev–Trinajstić information content (AvgIpc) is 2.54. The molecule has 0 aromatic heterocycles. The monoisotopic (exact) mass is 299 g/mol. The van der Waals surface area contributed by atoms with Gasteiger partial charge < -0.3 is 4.74 Å². The molecule has 116 valence electrons. The maximum absolute atomic E-state index is 10.7. The number of aryl methyl sites for hydroxylation is 1. The first-order chi connectivity index (χ1) is 10.7. The summed E-state index contributed by atoms with van der Waals surface area (Å²) in [6, 6.07) is 14.6. The van der Waals surface area contributed by atoms with Crippen LogP contribution in [0.4, 0.5) is 5.69 Å². The molecule has 0 aliphatic heterocycles. The summed E-state index contributed by atoms with van der Waals surface area (Å²) in [6.07, 6.45) is 4.79. The van der Waals surface area contributed by atoms with Crippen molar-refractivity contribution in [3.05, 3.63) is 69.8 Å². The first-order valence-corrected chi connectivity index (χ1v) is 7.64. The van der Waals surface area contributed by atoms with Gasteiger partial charge in [-0.15, -0.1) is 0 Å². The van der Waals surface area contributed by atoms with Crippen molar-refractivity contribution < 1.29 is 9.66 Å². The molecule has 0 saturated heterocycles. The quantitative estimate of drug-likeness (QED) is 0.395. The van der Waals surface area contributed by atoms with Gasteiger partial charge >= 0.3 is 0 Å². The average molecular weight is 299 g/mol. The molecule has 0 saturated carbocycles. The van der Waals surface area contributed by atoms with Crippen LogP contribution in [0.25, 0.3) is 0 Å². The van der Waals surface area contributed by atoms with Crippen molar-refractivity contribution in [3.63, 3.8) is 0 Å². The van der Waals surface area contributed by atoms with Crippen LogP contribution in [0.15, 0.2) is 48.5 Å². The van der Waals surface area contributed by atoms with Gasteiger partial charge in [0.15, 0.2) is 0 Å². The van der Waals surface area contributed by atoms with E-state index in [0.717, 1.165) is 17.7 Å². The van der Waals surface area contributed by atoms with Crippen LogP contribution in [-0.4, -0.2) is 4.92 Å². The Morgan fingerprint density at radius 2 is 1.82 bits per heavy atom. The van der Waals surface area contributed by atoms with E-state index in [-0.39, 0.29) is 5.69 Å². The van der Waals surface area contributed by atoms with Crippen molar-refractivity contribution in [3.8, 4) is 5.75 Å². The van der Waals surface area contributed by atoms with E-state index in [1.807, 2.05) is 18.2 Å². The van der Waals surface area contributed by atoms with Gasteiger partial charge in [-0.3, -0.25) is 10.1 Å². The van der Waals surface area contributed by atoms with Crippen molar-refractivity contribution in [1.82, 2.24) is 0 Å². The summed E-state index contributed by atoms with van der Waals surface area (Å²) in [4.78, 5) is 10.3. The van der Waals surface area contributed by atoms with E-state index < -0.39 is 4.92 Å². The topological polar surface area (TPSA) is 52.4 Å². The van der Waals surface area contributed by atoms with Crippen LogP contribution in [0.2, 0.25) is 0 Å². The number of non-ortho nitro benzene ring substituents is 1. The lowest BCUT2D eigenvalue weighted by Gasteiger charge is -2.07. The van der Waals surface area contributed by atoms with Crippen LogP contribution in [-0.2, 0) is 13.0 Å². The SMILES string of the molecule is CCCCCc1ccc(OCc2cccc([N+](=O)[O-])c2)cc1. The fourth-order valence-electron chi connectivity index (χ4n) is 2.26. The number of nitro groups is 1. The number of hydrogen-bond acceptors (Lipinski definition) is 3. The Kier molecular flexibility index (Phi) is 5.95. The van der Waals surface area contributed by atoms with Crippen molar-refractivity contribution in [1.29, 1.82) is 0 Å². The number of benzene rings is 2. The van der Waals surface area contributed by atoms with Crippen LogP contribution in [0.5, 0.6) is 5.75 Å². The molecule has 0 unspecified atom stereocenters. The lowest BCUT2D eigenvalue weighted by atomic mass is 10.1. The minimum Gasteiger partial charge on any atom is -0.489 e. The standard InChI is InChI=1S/C18H21NO3/c1-2-3-4-6-15-9-11-18(12-10-15)22-14-16-7-5-8-17(13-16)19(20)21/h5,7-13H,2-4,6,14H2,1H3. The molecule has 0 atom stereocenters. The Labute approximate surface area is 130 Å². The number of hydrogen-bond donors (Lipinski definition) is 0. The summed E-state index contributed by atoms with van der Waals surface area (Å²) in [5.41, 5.74) is 2.20. The molecule has 0 N–H and O–H groups in total. The molecule has 0 aliphatic carbocycles. The molecule has 0 aliphatic rings. The van der Waals surface area contributed by atoms with Crippen molar-refractivity contribution in [2.75, 3.05) is 0 Å². The van der Waals surface area contributed by atoms with E-state index in [1.165, 1.54) is 30.9 Å². The Bertz CT molecular complexity index is 608. The molecule has 0 radical (unpaired) electrons. The van der Waals surface area contributed by atoms with E-state index in [4.69, 9.17) is 4.74 Å². The zero-order valence-corrected chi connectivity index (χ0v) is 12.8. The summed E-state index contributed by atoms with van der Waals surface area (Å²) < 4.78 is 5.68. The summed E-state index contributed by atoms with van der Waals surface area (Å²) in [6.45, 7) is 2.53. The van der Waals surface area contributed by atoms with Gasteiger partial charge in [-0.05, 0) is 36.1 Å². The Hall–Kier alpha value is -2.36. The fraction of sp³-hybridized carbons (Fsp3) is 0.333. The highest BCUT2D eigenvalue weighted by Crippen LogP contribution is 2.18. The molecule has 22 heavy (non-hydrogen) atoms. The molecule has 0 fully saturated rings. The molecule has 2 rings (SSSR count). The molecule has 0 spiro atoms. The zero-order chi connectivity index (χ0) is 15.8. The van der Waals surface area contributed by atoms with Crippen molar-refractivity contribution in [2.24, 2.45) is 0 Å². The first-order valence-electron chi connectivity index (χ1n) is 7.64. The van der Waals surface area contributed by atoms with Gasteiger partial charge in [0, 0.05) is 12.1 Å². The Balaban J connectivity index is 1.89. The normalized spacial score (nSPS) is 10.4. The highest BCUT2D eigenvalue weighted by molar-refractivity contribution is 5.34. The van der Waals surface area contributed by atoms with E-state index in [1.54, 1.807) is 12.1 Å². The highest BCUT2D eigenvalue weighted by atomic mass is 16.6. The maximum atomic E-state index is 10.7. The van der Waals surface area contributed by atoms with E-state index >= 15 is 0 Å². The fourth-order valence-corrected chi connectivity index (χ4v) is 2.26. The van der Waals surface area contributed by atoms with Crippen LogP contribution in [0.3, 0.4) is 0 Å². The summed E-state index contributed by atoms with van der Waals surface area (Å²) in [5.74, 6) is 0.783. The van der Waals surface area contributed by atoms with Crippen molar-refractivity contribution in [2.45, 2.75) is 39.2 Å². The molecule has 0 bridgehead atoms. The van der Waals surface area contributed by atoms with Crippen LogP contribution >= 0.6 is 0 Å². The number of ether oxygens (including phenoxy) is 1. The smallest absolute Gasteiger partial charge is 0.269 e. The molecule has 4 heteroatoms. The molecule has 2 aromatic rings. The number of nitrogens with zero attached hydrogens (tertiary/aromatic N) is 1. The number of nitro benzene ring substituents is 1. The largest absolute Gasteiger partial charge is 0.489 e. The zero-order valence-electron chi connectivity index (χ0n) is 12.8. The van der Waals surface area contributed by atoms with E-state index in [0.29, 0.717) is 6.61 Å². The van der Waals surface area contributed by atoms with E-state index in [2.05, 4.69) is 19.1 Å². The highest BCUT2D eigenvalue weighted by Gasteiger charge is 2.06. The molecule has 4 nitrogen and oxygen atoms in total. The predicted molar refractivity (Wildman–Crippen MR) is 87.1 cm³/mol. The lowest BCUT2D eigenvalue weighted by Crippen LogP contribution is -1.97. The van der Waals surface area contributed by atoms with Gasteiger partial charge in [0.25, 0.3) is 5.69 Å². The first kappa shape index (κ1) is 16.0. The molecule has 2 aromatic carbocycles. The third-order valence-corrected chi connectivity index (χ3v) is 3.52. The number of rotatable bonds is 8. The third-order valence-electron chi connectivity index (χ3n) is 3.52. The van der Waals surface area contributed by atoms with Crippen LogP contribution < -0.4 is 4.74 Å². The van der Waals surface area contributed by atoms with Crippen molar-refractivity contribution >= 4 is 5.69 Å². The second-order valence-electron chi connectivity index (χ2n) is 5.32. The molecular weight excluding hydrogens is 278 g/mol. The summed E-state index contributed by atoms with van der Waals surface area (Å²) in [5, 5.41) is 10.7. The van der Waals surface area contributed by atoms with Gasteiger partial charge in [-0.25, -0.2) is 0 Å². The predicted octanol–water partition coefficient (Wildman–Crippen LogP) is 4.91. The summed E-state index contributed by atoms with van der Waals surface area (Å²) >= 11 is 0. The third kappa shape index (κ3) is 4.88. The Morgan fingerprint density at radius 3 is 2.50 bits per heavy atom. The minimum absolute atomic E-state index is 0.0902. The maximum Gasteiger partial charge on any atom is 0.269 e. The van der Waals surface area contributed by atoms with Gasteiger partial charge in [0.1, 0.15) is 12.4 Å². The van der Waals surface area contributed by atoms with Crippen LogP contribution in [0, 0.1) is 10.1 Å². The number of unbranched alkanes of at least 4 members (excludes halogenated alkanes) is 2.